The van der Waals surface area contributed by atoms with E-state index in [2.05, 4.69) is 5.10 Å². The Morgan fingerprint density at radius 2 is 1.82 bits per heavy atom. The van der Waals surface area contributed by atoms with Gasteiger partial charge in [-0.05, 0) is 12.1 Å². The fourth-order valence-corrected chi connectivity index (χ4v) is 1.52. The molecule has 9 nitrogen and oxygen atoms in total. The molecule has 0 aliphatic heterocycles. The summed E-state index contributed by atoms with van der Waals surface area (Å²) in [5, 5.41) is 59.0. The normalized spacial score (nSPS) is 17.0. The predicted molar refractivity (Wildman–Crippen MR) is 75.2 cm³/mol. The Kier molecular flexibility index (Phi) is 6.89. The molecule has 0 fully saturated rings. The van der Waals surface area contributed by atoms with Crippen molar-refractivity contribution in [3.63, 3.8) is 0 Å². The van der Waals surface area contributed by atoms with Crippen LogP contribution in [0, 0.1) is 0 Å². The van der Waals surface area contributed by atoms with Crippen molar-refractivity contribution in [1.82, 2.24) is 5.43 Å². The lowest BCUT2D eigenvalue weighted by Crippen LogP contribution is -2.46. The Morgan fingerprint density at radius 1 is 1.18 bits per heavy atom. The number of aliphatic hydroxyl groups is 5. The van der Waals surface area contributed by atoms with Gasteiger partial charge in [0.1, 0.15) is 30.2 Å². The van der Waals surface area contributed by atoms with E-state index >= 15 is 0 Å². The van der Waals surface area contributed by atoms with Crippen molar-refractivity contribution in [2.45, 2.75) is 24.4 Å². The Morgan fingerprint density at radius 3 is 2.41 bits per heavy atom. The molecule has 0 unspecified atom stereocenters. The van der Waals surface area contributed by atoms with Gasteiger partial charge in [-0.1, -0.05) is 12.1 Å². The van der Waals surface area contributed by atoms with Crippen molar-refractivity contribution in [3.8, 4) is 5.75 Å². The van der Waals surface area contributed by atoms with Crippen LogP contribution in [-0.2, 0) is 0 Å². The van der Waals surface area contributed by atoms with Crippen LogP contribution in [0.25, 0.3) is 0 Å². The number of phenolic OH excluding ortho intramolecular Hbond substituents is 1. The number of benzene rings is 1. The first-order chi connectivity index (χ1) is 10.4. The molecule has 0 aliphatic rings. The van der Waals surface area contributed by atoms with Crippen LogP contribution in [0.2, 0.25) is 0 Å². The molecule has 1 aromatic rings. The number of nitrogens with zero attached hydrogens (tertiary/aromatic N) is 1. The standard InChI is InChI=1S/C13H18N2O7/c16-6-10(19)12(21)11(20)9(18)5-14-15-13(22)7-3-1-2-4-8(7)17/h1-5,9-12,16-21H,6H2,(H,15,22)/b14-5+/t9-,10+,11+,12+/m0/s1. The molecule has 0 saturated heterocycles. The highest BCUT2D eigenvalue weighted by atomic mass is 16.4. The van der Waals surface area contributed by atoms with Crippen molar-refractivity contribution in [1.29, 1.82) is 0 Å². The van der Waals surface area contributed by atoms with Crippen LogP contribution in [0.4, 0.5) is 0 Å². The van der Waals surface area contributed by atoms with E-state index < -0.39 is 36.9 Å². The Bertz CT molecular complexity index is 523. The number of para-hydroxylation sites is 1. The molecular weight excluding hydrogens is 296 g/mol. The van der Waals surface area contributed by atoms with Crippen molar-refractivity contribution < 1.29 is 35.4 Å². The molecule has 0 aliphatic carbocycles. The number of phenols is 1. The minimum Gasteiger partial charge on any atom is -0.507 e. The van der Waals surface area contributed by atoms with Crippen molar-refractivity contribution in [2.24, 2.45) is 5.10 Å². The molecule has 22 heavy (non-hydrogen) atoms. The van der Waals surface area contributed by atoms with Gasteiger partial charge in [-0.3, -0.25) is 4.79 Å². The topological polar surface area (TPSA) is 163 Å². The molecule has 0 saturated carbocycles. The summed E-state index contributed by atoms with van der Waals surface area (Å²) in [4.78, 5) is 11.7. The van der Waals surface area contributed by atoms with Gasteiger partial charge in [0.25, 0.3) is 5.91 Å². The highest BCUT2D eigenvalue weighted by Crippen LogP contribution is 2.14. The number of hydrogen-bond acceptors (Lipinski definition) is 8. The second-order valence-corrected chi connectivity index (χ2v) is 4.46. The molecule has 1 rings (SSSR count). The summed E-state index contributed by atoms with van der Waals surface area (Å²) in [5.41, 5.74) is 1.98. The number of carbonyl (C=O) groups is 1. The van der Waals surface area contributed by atoms with Crippen LogP contribution in [0.3, 0.4) is 0 Å². The quantitative estimate of drug-likeness (QED) is 0.217. The molecule has 4 atom stereocenters. The molecule has 1 amide bonds. The molecule has 9 heteroatoms. The molecule has 0 heterocycles. The average Bonchev–Trinajstić information content (AvgIpc) is 2.52. The zero-order valence-corrected chi connectivity index (χ0v) is 11.4. The summed E-state index contributed by atoms with van der Waals surface area (Å²) >= 11 is 0. The van der Waals surface area contributed by atoms with E-state index in [9.17, 15) is 25.2 Å². The van der Waals surface area contributed by atoms with Gasteiger partial charge in [0.2, 0.25) is 0 Å². The third-order valence-electron chi connectivity index (χ3n) is 2.82. The molecule has 0 aromatic heterocycles. The summed E-state index contributed by atoms with van der Waals surface area (Å²) in [5.74, 6) is -0.996. The van der Waals surface area contributed by atoms with Crippen molar-refractivity contribution in [3.05, 3.63) is 29.8 Å². The lowest BCUT2D eigenvalue weighted by molar-refractivity contribution is -0.0999. The predicted octanol–water partition coefficient (Wildman–Crippen LogP) is -2.46. The molecule has 7 N–H and O–H groups in total. The van der Waals surface area contributed by atoms with E-state index in [4.69, 9.17) is 10.2 Å². The molecule has 0 radical (unpaired) electrons. The second-order valence-electron chi connectivity index (χ2n) is 4.46. The van der Waals surface area contributed by atoms with Crippen LogP contribution in [0.1, 0.15) is 10.4 Å². The number of aromatic hydroxyl groups is 1. The van der Waals surface area contributed by atoms with Crippen LogP contribution in [0.5, 0.6) is 5.75 Å². The third-order valence-corrected chi connectivity index (χ3v) is 2.82. The number of amides is 1. The Hall–Kier alpha value is -2.04. The maximum atomic E-state index is 11.7. The minimum atomic E-state index is -1.81. The van der Waals surface area contributed by atoms with Crippen LogP contribution in [-0.4, -0.2) is 73.8 Å². The highest BCUT2D eigenvalue weighted by molar-refractivity contribution is 5.96. The van der Waals surface area contributed by atoms with Crippen molar-refractivity contribution >= 4 is 12.1 Å². The summed E-state index contributed by atoms with van der Waals surface area (Å²) in [6, 6.07) is 5.73. The van der Waals surface area contributed by atoms with Crippen molar-refractivity contribution in [2.75, 3.05) is 6.61 Å². The van der Waals surface area contributed by atoms with E-state index in [1.54, 1.807) is 0 Å². The monoisotopic (exact) mass is 314 g/mol. The van der Waals surface area contributed by atoms with Crippen LogP contribution in [0.15, 0.2) is 29.4 Å². The van der Waals surface area contributed by atoms with Gasteiger partial charge in [0.15, 0.2) is 0 Å². The maximum absolute atomic E-state index is 11.7. The zero-order valence-electron chi connectivity index (χ0n) is 11.4. The smallest absolute Gasteiger partial charge is 0.275 e. The number of rotatable bonds is 7. The minimum absolute atomic E-state index is 0.0366. The van der Waals surface area contributed by atoms with E-state index in [-0.39, 0.29) is 11.3 Å². The van der Waals surface area contributed by atoms with E-state index in [1.165, 1.54) is 24.3 Å². The van der Waals surface area contributed by atoms with Gasteiger partial charge in [0, 0.05) is 0 Å². The van der Waals surface area contributed by atoms with E-state index in [1.807, 2.05) is 5.43 Å². The van der Waals surface area contributed by atoms with Gasteiger partial charge in [0.05, 0.1) is 18.4 Å². The number of carbonyl (C=O) groups excluding carboxylic acids is 1. The SMILES string of the molecule is O=C(N/N=C/[C@H](O)[C@@H](O)[C@H](O)[C@H](O)CO)c1ccccc1O. The van der Waals surface area contributed by atoms with Gasteiger partial charge < -0.3 is 30.6 Å². The Balaban J connectivity index is 2.58. The second kappa shape index (κ2) is 8.41. The maximum Gasteiger partial charge on any atom is 0.275 e. The molecule has 0 spiro atoms. The van der Waals surface area contributed by atoms with Crippen LogP contribution >= 0.6 is 0 Å². The number of aliphatic hydroxyl groups excluding tert-OH is 5. The first-order valence-electron chi connectivity index (χ1n) is 6.33. The summed E-state index contributed by atoms with van der Waals surface area (Å²) < 4.78 is 0. The Labute approximate surface area is 125 Å². The van der Waals surface area contributed by atoms with Gasteiger partial charge in [-0.15, -0.1) is 0 Å². The number of hydrazone groups is 1. The fraction of sp³-hybridized carbons (Fsp3) is 0.385. The summed E-state index contributed by atoms with van der Waals surface area (Å²) in [6.07, 6.45) is -6.20. The number of nitrogens with one attached hydrogen (secondary N) is 1. The van der Waals surface area contributed by atoms with Gasteiger partial charge in [-0.2, -0.15) is 5.10 Å². The third kappa shape index (κ3) is 4.76. The van der Waals surface area contributed by atoms with Crippen LogP contribution < -0.4 is 5.43 Å². The van der Waals surface area contributed by atoms with Gasteiger partial charge in [-0.25, -0.2) is 5.43 Å². The molecule has 1 aromatic carbocycles. The highest BCUT2D eigenvalue weighted by Gasteiger charge is 2.29. The fourth-order valence-electron chi connectivity index (χ4n) is 1.52. The lowest BCUT2D eigenvalue weighted by Gasteiger charge is -2.23. The summed E-state index contributed by atoms with van der Waals surface area (Å²) in [6.45, 7) is -0.799. The average molecular weight is 314 g/mol. The molecule has 122 valence electrons. The summed E-state index contributed by atoms with van der Waals surface area (Å²) in [7, 11) is 0. The largest absolute Gasteiger partial charge is 0.507 e. The van der Waals surface area contributed by atoms with Gasteiger partial charge >= 0.3 is 0 Å². The number of hydrogen-bond donors (Lipinski definition) is 7. The zero-order chi connectivity index (χ0) is 16.7. The first-order valence-corrected chi connectivity index (χ1v) is 6.33. The van der Waals surface area contributed by atoms with E-state index in [0.717, 1.165) is 6.21 Å². The molecular formula is C13H18N2O7. The molecule has 0 bridgehead atoms. The first kappa shape index (κ1) is 18.0. The van der Waals surface area contributed by atoms with E-state index in [0.29, 0.717) is 0 Å². The lowest BCUT2D eigenvalue weighted by atomic mass is 10.0.